The third-order valence-electron chi connectivity index (χ3n) is 2.12. The lowest BCUT2D eigenvalue weighted by molar-refractivity contribution is 0.465. The lowest BCUT2D eigenvalue weighted by Crippen LogP contribution is -2.11. The summed E-state index contributed by atoms with van der Waals surface area (Å²) in [5, 5.41) is 9.59. The van der Waals surface area contributed by atoms with Crippen LogP contribution in [-0.4, -0.2) is 5.11 Å². The molecule has 0 amide bonds. The fourth-order valence-corrected chi connectivity index (χ4v) is 1.93. The van der Waals surface area contributed by atoms with Gasteiger partial charge in [0.2, 0.25) is 0 Å². The minimum atomic E-state index is 0.151. The second kappa shape index (κ2) is 3.48. The zero-order valence-electron chi connectivity index (χ0n) is 8.48. The Morgan fingerprint density at radius 1 is 1.23 bits per heavy atom. The number of aromatic hydroxyl groups is 1. The molecule has 1 rings (SSSR count). The first kappa shape index (κ1) is 10.8. The van der Waals surface area contributed by atoms with Crippen LogP contribution in [0.3, 0.4) is 0 Å². The van der Waals surface area contributed by atoms with Crippen molar-refractivity contribution in [2.24, 2.45) is 0 Å². The van der Waals surface area contributed by atoms with Crippen molar-refractivity contribution >= 4 is 22.6 Å². The van der Waals surface area contributed by atoms with Crippen LogP contribution in [0, 0.1) is 10.5 Å². The van der Waals surface area contributed by atoms with E-state index in [1.165, 1.54) is 5.56 Å². The summed E-state index contributed by atoms with van der Waals surface area (Å²) in [5.41, 5.74) is 2.38. The van der Waals surface area contributed by atoms with Crippen LogP contribution < -0.4 is 0 Å². The summed E-state index contributed by atoms with van der Waals surface area (Å²) in [6, 6.07) is 4.10. The maximum Gasteiger partial charge on any atom is 0.131 e. The van der Waals surface area contributed by atoms with Gasteiger partial charge in [-0.05, 0) is 52.1 Å². The van der Waals surface area contributed by atoms with Gasteiger partial charge in [0.15, 0.2) is 0 Å². The van der Waals surface area contributed by atoms with E-state index in [9.17, 15) is 5.11 Å². The molecular formula is C11H15IO. The number of halogens is 1. The van der Waals surface area contributed by atoms with Gasteiger partial charge in [-0.2, -0.15) is 0 Å². The topological polar surface area (TPSA) is 20.2 Å². The molecule has 1 nitrogen and oxygen atoms in total. The maximum atomic E-state index is 9.59. The van der Waals surface area contributed by atoms with Crippen LogP contribution in [0.1, 0.15) is 31.9 Å². The van der Waals surface area contributed by atoms with Crippen molar-refractivity contribution in [3.63, 3.8) is 0 Å². The summed E-state index contributed by atoms with van der Waals surface area (Å²) in [5.74, 6) is 0.411. The number of phenolic OH excluding ortho intramolecular Hbond substituents is 1. The van der Waals surface area contributed by atoms with Crippen LogP contribution >= 0.6 is 22.6 Å². The van der Waals surface area contributed by atoms with Gasteiger partial charge in [-0.15, -0.1) is 0 Å². The Bertz CT molecular complexity index is 300. The summed E-state index contributed by atoms with van der Waals surface area (Å²) < 4.78 is 0.933. The van der Waals surface area contributed by atoms with Crippen molar-refractivity contribution in [3.8, 4) is 5.75 Å². The summed E-state index contributed by atoms with van der Waals surface area (Å²) in [4.78, 5) is 0. The van der Waals surface area contributed by atoms with Crippen molar-refractivity contribution in [2.45, 2.75) is 33.1 Å². The number of hydrogen-bond donors (Lipinski definition) is 1. The lowest BCUT2D eigenvalue weighted by atomic mass is 9.86. The highest BCUT2D eigenvalue weighted by molar-refractivity contribution is 14.1. The molecule has 0 aliphatic rings. The van der Waals surface area contributed by atoms with Crippen LogP contribution in [0.25, 0.3) is 0 Å². The van der Waals surface area contributed by atoms with Gasteiger partial charge in [0, 0.05) is 0 Å². The largest absolute Gasteiger partial charge is 0.507 e. The van der Waals surface area contributed by atoms with Crippen LogP contribution in [0.2, 0.25) is 0 Å². The van der Waals surface area contributed by atoms with Crippen molar-refractivity contribution < 1.29 is 5.11 Å². The molecule has 0 aromatic heterocycles. The molecule has 0 heterocycles. The van der Waals surface area contributed by atoms with E-state index in [0.29, 0.717) is 5.75 Å². The zero-order chi connectivity index (χ0) is 10.2. The molecule has 0 spiro atoms. The fourth-order valence-electron chi connectivity index (χ4n) is 1.17. The minimum absolute atomic E-state index is 0.151. The van der Waals surface area contributed by atoms with E-state index in [1.54, 1.807) is 0 Å². The predicted octanol–water partition coefficient (Wildman–Crippen LogP) is 3.60. The molecule has 0 saturated heterocycles. The summed E-state index contributed by atoms with van der Waals surface area (Å²) in [6.45, 7) is 8.46. The average Bonchev–Trinajstić information content (AvgIpc) is 1.97. The monoisotopic (exact) mass is 290 g/mol. The van der Waals surface area contributed by atoms with Crippen molar-refractivity contribution in [2.75, 3.05) is 0 Å². The molecule has 1 aromatic rings. The summed E-state index contributed by atoms with van der Waals surface area (Å²) in [6.07, 6.45) is 0. The van der Waals surface area contributed by atoms with Crippen LogP contribution in [0.5, 0.6) is 5.75 Å². The van der Waals surface area contributed by atoms with E-state index in [2.05, 4.69) is 49.4 Å². The Morgan fingerprint density at radius 3 is 2.15 bits per heavy atom. The third kappa shape index (κ3) is 2.36. The maximum absolute atomic E-state index is 9.59. The molecule has 1 N–H and O–H groups in total. The Kier molecular flexibility index (Phi) is 2.90. The number of hydrogen-bond acceptors (Lipinski definition) is 1. The van der Waals surface area contributed by atoms with Gasteiger partial charge in [-0.3, -0.25) is 0 Å². The Hall–Kier alpha value is -0.250. The molecule has 0 bridgehead atoms. The first-order valence-electron chi connectivity index (χ1n) is 4.32. The van der Waals surface area contributed by atoms with E-state index in [0.717, 1.165) is 9.13 Å². The SMILES string of the molecule is Cc1cc(C(C)(C)C)cc(I)c1O. The normalized spacial score (nSPS) is 11.8. The molecule has 0 saturated carbocycles. The predicted molar refractivity (Wildman–Crippen MR) is 64.3 cm³/mol. The van der Waals surface area contributed by atoms with E-state index in [1.807, 2.05) is 13.0 Å². The first-order chi connectivity index (χ1) is 5.82. The number of phenols is 1. The highest BCUT2D eigenvalue weighted by Gasteiger charge is 2.16. The Balaban J connectivity index is 3.29. The van der Waals surface area contributed by atoms with Gasteiger partial charge in [0.1, 0.15) is 5.75 Å². The quantitative estimate of drug-likeness (QED) is 0.724. The number of rotatable bonds is 0. The molecule has 72 valence electrons. The molecule has 0 unspecified atom stereocenters. The van der Waals surface area contributed by atoms with Crippen LogP contribution in [0.15, 0.2) is 12.1 Å². The number of benzene rings is 1. The second-order valence-electron chi connectivity index (χ2n) is 4.37. The molecular weight excluding hydrogens is 275 g/mol. The first-order valence-corrected chi connectivity index (χ1v) is 5.40. The third-order valence-corrected chi connectivity index (χ3v) is 2.94. The average molecular weight is 290 g/mol. The summed E-state index contributed by atoms with van der Waals surface area (Å²) in [7, 11) is 0. The molecule has 2 heteroatoms. The molecule has 13 heavy (non-hydrogen) atoms. The molecule has 0 aliphatic heterocycles. The number of aryl methyl sites for hydroxylation is 1. The van der Waals surface area contributed by atoms with Gasteiger partial charge >= 0.3 is 0 Å². The Labute approximate surface area is 93.3 Å². The zero-order valence-corrected chi connectivity index (χ0v) is 10.6. The highest BCUT2D eigenvalue weighted by Crippen LogP contribution is 2.31. The molecule has 0 fully saturated rings. The van der Waals surface area contributed by atoms with E-state index < -0.39 is 0 Å². The van der Waals surface area contributed by atoms with Crippen molar-refractivity contribution in [1.29, 1.82) is 0 Å². The molecule has 0 aliphatic carbocycles. The van der Waals surface area contributed by atoms with E-state index in [-0.39, 0.29) is 5.41 Å². The summed E-state index contributed by atoms with van der Waals surface area (Å²) >= 11 is 2.17. The van der Waals surface area contributed by atoms with Gasteiger partial charge in [-0.1, -0.05) is 26.8 Å². The van der Waals surface area contributed by atoms with Gasteiger partial charge in [-0.25, -0.2) is 0 Å². The lowest BCUT2D eigenvalue weighted by Gasteiger charge is -2.20. The standard InChI is InChI=1S/C11H15IO/c1-7-5-8(11(2,3)4)6-9(12)10(7)13/h5-6,13H,1-4H3. The van der Waals surface area contributed by atoms with Crippen molar-refractivity contribution in [1.82, 2.24) is 0 Å². The van der Waals surface area contributed by atoms with Crippen molar-refractivity contribution in [3.05, 3.63) is 26.8 Å². The van der Waals surface area contributed by atoms with E-state index >= 15 is 0 Å². The second-order valence-corrected chi connectivity index (χ2v) is 5.54. The molecule has 0 radical (unpaired) electrons. The van der Waals surface area contributed by atoms with E-state index in [4.69, 9.17) is 0 Å². The molecule has 0 atom stereocenters. The molecule has 1 aromatic carbocycles. The highest BCUT2D eigenvalue weighted by atomic mass is 127. The fraction of sp³-hybridized carbons (Fsp3) is 0.455. The van der Waals surface area contributed by atoms with Gasteiger partial charge in [0.25, 0.3) is 0 Å². The van der Waals surface area contributed by atoms with Gasteiger partial charge < -0.3 is 5.11 Å². The van der Waals surface area contributed by atoms with Crippen LogP contribution in [0.4, 0.5) is 0 Å². The van der Waals surface area contributed by atoms with Gasteiger partial charge in [0.05, 0.1) is 3.57 Å². The smallest absolute Gasteiger partial charge is 0.131 e. The minimum Gasteiger partial charge on any atom is -0.507 e. The Morgan fingerprint density at radius 2 is 1.77 bits per heavy atom. The van der Waals surface area contributed by atoms with Crippen LogP contribution in [-0.2, 0) is 5.41 Å².